The maximum atomic E-state index is 10.8. The van der Waals surface area contributed by atoms with Crippen LogP contribution in [0.15, 0.2) is 60.2 Å². The number of hydrogen-bond acceptors (Lipinski definition) is 3. The quantitative estimate of drug-likeness (QED) is 0.376. The van der Waals surface area contributed by atoms with E-state index in [9.17, 15) is 10.2 Å². The van der Waals surface area contributed by atoms with Crippen molar-refractivity contribution in [2.75, 3.05) is 6.61 Å². The monoisotopic (exact) mass is 446 g/mol. The highest BCUT2D eigenvalue weighted by Gasteiger charge is 2.52. The van der Waals surface area contributed by atoms with Crippen LogP contribution in [0.3, 0.4) is 0 Å². The highest BCUT2D eigenvalue weighted by atomic mass is 16.5. The minimum Gasteiger partial charge on any atom is -0.489 e. The standard InChI is InChI=1S/C30H38O3/c1-30-16-15-26-25-12-11-24(33-20-21-8-4-2-5-9-21)19-23(25)18-22(10-6-3-7-17-31)29(26)27(30)13-14-28(30)32/h2,4-5,8-9,11-13,19,22,26,28-29,31-32H,3,6-7,10,14-18,20H2,1H3/t22-,26-,28+,29-,30+/m1/s1. The van der Waals surface area contributed by atoms with Gasteiger partial charge in [-0.15, -0.1) is 0 Å². The van der Waals surface area contributed by atoms with Crippen molar-refractivity contribution < 1.29 is 14.9 Å². The molecule has 0 heterocycles. The van der Waals surface area contributed by atoms with E-state index >= 15 is 0 Å². The van der Waals surface area contributed by atoms with Crippen LogP contribution in [0.1, 0.15) is 74.5 Å². The molecule has 33 heavy (non-hydrogen) atoms. The molecular formula is C30H38O3. The molecule has 0 bridgehead atoms. The molecule has 1 fully saturated rings. The molecule has 0 unspecified atom stereocenters. The zero-order valence-electron chi connectivity index (χ0n) is 19.9. The van der Waals surface area contributed by atoms with Crippen molar-refractivity contribution in [1.82, 2.24) is 0 Å². The third kappa shape index (κ3) is 4.38. The summed E-state index contributed by atoms with van der Waals surface area (Å²) in [7, 11) is 0. The molecule has 0 spiro atoms. The van der Waals surface area contributed by atoms with Crippen molar-refractivity contribution in [2.45, 2.75) is 76.9 Å². The van der Waals surface area contributed by atoms with Crippen LogP contribution in [0.2, 0.25) is 0 Å². The lowest BCUT2D eigenvalue weighted by molar-refractivity contribution is 0.0384. The van der Waals surface area contributed by atoms with Gasteiger partial charge in [0.05, 0.1) is 6.10 Å². The van der Waals surface area contributed by atoms with Gasteiger partial charge >= 0.3 is 0 Å². The second-order valence-electron chi connectivity index (χ2n) is 10.7. The van der Waals surface area contributed by atoms with Crippen molar-refractivity contribution in [3.63, 3.8) is 0 Å². The summed E-state index contributed by atoms with van der Waals surface area (Å²) in [5.41, 5.74) is 5.64. The highest BCUT2D eigenvalue weighted by molar-refractivity contribution is 5.45. The van der Waals surface area contributed by atoms with Gasteiger partial charge in [-0.1, -0.05) is 67.8 Å². The average molecular weight is 447 g/mol. The van der Waals surface area contributed by atoms with Gasteiger partial charge in [0.15, 0.2) is 0 Å². The Bertz CT molecular complexity index is 981. The summed E-state index contributed by atoms with van der Waals surface area (Å²) in [5.74, 6) is 2.65. The summed E-state index contributed by atoms with van der Waals surface area (Å²) in [4.78, 5) is 0. The summed E-state index contributed by atoms with van der Waals surface area (Å²) in [5, 5.41) is 20.0. The Balaban J connectivity index is 1.40. The van der Waals surface area contributed by atoms with Crippen molar-refractivity contribution in [3.8, 4) is 5.75 Å². The number of aliphatic hydroxyl groups is 2. The molecule has 3 aliphatic carbocycles. The van der Waals surface area contributed by atoms with E-state index in [2.05, 4.69) is 55.5 Å². The Morgan fingerprint density at radius 2 is 1.91 bits per heavy atom. The van der Waals surface area contributed by atoms with Gasteiger partial charge in [-0.3, -0.25) is 0 Å². The van der Waals surface area contributed by atoms with Crippen LogP contribution in [0.5, 0.6) is 5.75 Å². The molecule has 3 aliphatic rings. The van der Waals surface area contributed by atoms with Gasteiger partial charge in [-0.05, 0) is 85.1 Å². The SMILES string of the molecule is C[C@]12CC[C@@H]3c4ccc(OCc5ccccc5)cc4C[C@@H](CCCCCO)[C@H]3C1=CC[C@@H]2O. The third-order valence-corrected chi connectivity index (χ3v) is 8.71. The minimum absolute atomic E-state index is 0.0409. The molecule has 1 saturated carbocycles. The molecule has 176 valence electrons. The molecule has 0 aliphatic heterocycles. The van der Waals surface area contributed by atoms with E-state index in [-0.39, 0.29) is 18.1 Å². The van der Waals surface area contributed by atoms with Crippen LogP contribution in [-0.4, -0.2) is 22.9 Å². The van der Waals surface area contributed by atoms with Crippen LogP contribution >= 0.6 is 0 Å². The van der Waals surface area contributed by atoms with Crippen molar-refractivity contribution in [2.24, 2.45) is 17.3 Å². The Kier molecular flexibility index (Phi) is 6.62. The van der Waals surface area contributed by atoms with Gasteiger partial charge in [0.25, 0.3) is 0 Å². The minimum atomic E-state index is -0.223. The normalized spacial score (nSPS) is 30.2. The van der Waals surface area contributed by atoms with Crippen molar-refractivity contribution in [1.29, 1.82) is 0 Å². The molecule has 5 atom stereocenters. The molecule has 0 saturated heterocycles. The fraction of sp³-hybridized carbons (Fsp3) is 0.533. The molecule has 3 nitrogen and oxygen atoms in total. The predicted octanol–water partition coefficient (Wildman–Crippen LogP) is 6.18. The first-order chi connectivity index (χ1) is 16.1. The second kappa shape index (κ2) is 9.64. The molecule has 0 aromatic heterocycles. The number of benzene rings is 2. The van der Waals surface area contributed by atoms with E-state index in [0.29, 0.717) is 24.4 Å². The number of fused-ring (bicyclic) bond motifs is 5. The van der Waals surface area contributed by atoms with Gasteiger partial charge in [0, 0.05) is 12.0 Å². The molecule has 2 aromatic rings. The number of unbranched alkanes of at least 4 members (excludes halogenated alkanes) is 2. The second-order valence-corrected chi connectivity index (χ2v) is 10.7. The smallest absolute Gasteiger partial charge is 0.120 e. The molecule has 2 aromatic carbocycles. The van der Waals surface area contributed by atoms with Crippen molar-refractivity contribution >= 4 is 0 Å². The Labute approximate surface area is 198 Å². The number of aliphatic hydroxyl groups excluding tert-OH is 2. The van der Waals surface area contributed by atoms with E-state index in [1.165, 1.54) is 35.1 Å². The molecule has 3 heteroatoms. The molecule has 0 radical (unpaired) electrons. The molecule has 0 amide bonds. The van der Waals surface area contributed by atoms with Gasteiger partial charge < -0.3 is 14.9 Å². The Morgan fingerprint density at radius 3 is 2.73 bits per heavy atom. The lowest BCUT2D eigenvalue weighted by Crippen LogP contribution is -2.43. The number of rotatable bonds is 8. The molecule has 2 N–H and O–H groups in total. The lowest BCUT2D eigenvalue weighted by Gasteiger charge is -2.50. The predicted molar refractivity (Wildman–Crippen MR) is 132 cm³/mol. The van der Waals surface area contributed by atoms with E-state index in [1.807, 2.05) is 6.07 Å². The van der Waals surface area contributed by atoms with Crippen molar-refractivity contribution in [3.05, 3.63) is 76.9 Å². The number of ether oxygens (including phenoxy) is 1. The average Bonchev–Trinajstić information content (AvgIpc) is 3.15. The summed E-state index contributed by atoms with van der Waals surface area (Å²) >= 11 is 0. The molecule has 5 rings (SSSR count). The van der Waals surface area contributed by atoms with Crippen LogP contribution in [-0.2, 0) is 13.0 Å². The number of hydrogen-bond donors (Lipinski definition) is 2. The van der Waals surface area contributed by atoms with Gasteiger partial charge in [0.1, 0.15) is 12.4 Å². The topological polar surface area (TPSA) is 49.7 Å². The summed E-state index contributed by atoms with van der Waals surface area (Å²) in [6.45, 7) is 3.18. The van der Waals surface area contributed by atoms with E-state index in [0.717, 1.165) is 44.3 Å². The summed E-state index contributed by atoms with van der Waals surface area (Å²) in [6.07, 6.45) is 10.6. The van der Waals surface area contributed by atoms with E-state index < -0.39 is 0 Å². The van der Waals surface area contributed by atoms with Gasteiger partial charge in [-0.25, -0.2) is 0 Å². The van der Waals surface area contributed by atoms with Crippen LogP contribution in [0, 0.1) is 17.3 Å². The summed E-state index contributed by atoms with van der Waals surface area (Å²) < 4.78 is 6.17. The fourth-order valence-electron chi connectivity index (χ4n) is 6.87. The first-order valence-electron chi connectivity index (χ1n) is 12.9. The zero-order chi connectivity index (χ0) is 22.8. The van der Waals surface area contributed by atoms with E-state index in [1.54, 1.807) is 0 Å². The maximum absolute atomic E-state index is 10.8. The summed E-state index contributed by atoms with van der Waals surface area (Å²) in [6, 6.07) is 17.1. The Hall–Kier alpha value is -2.10. The fourth-order valence-corrected chi connectivity index (χ4v) is 6.87. The Morgan fingerprint density at radius 1 is 1.06 bits per heavy atom. The lowest BCUT2D eigenvalue weighted by atomic mass is 9.54. The van der Waals surface area contributed by atoms with E-state index in [4.69, 9.17) is 4.74 Å². The van der Waals surface area contributed by atoms with Gasteiger partial charge in [-0.2, -0.15) is 0 Å². The van der Waals surface area contributed by atoms with Crippen LogP contribution in [0.4, 0.5) is 0 Å². The third-order valence-electron chi connectivity index (χ3n) is 8.71. The zero-order valence-corrected chi connectivity index (χ0v) is 19.9. The largest absolute Gasteiger partial charge is 0.489 e. The first kappa shape index (κ1) is 22.7. The van der Waals surface area contributed by atoms with Crippen LogP contribution in [0.25, 0.3) is 0 Å². The first-order valence-corrected chi connectivity index (χ1v) is 12.9. The van der Waals surface area contributed by atoms with Gasteiger partial charge in [0.2, 0.25) is 0 Å². The van der Waals surface area contributed by atoms with Crippen LogP contribution < -0.4 is 4.74 Å². The molecular weight excluding hydrogens is 408 g/mol. The maximum Gasteiger partial charge on any atom is 0.120 e. The highest BCUT2D eigenvalue weighted by Crippen LogP contribution is 2.60.